The standard InChI is InChI=1S/C20H25N3O3S/c1-14(2)22(13-16-6-5-9-21-12-16)20(24)17-7-8-19-18(11-17)10-15(3)23(19)27(4,25)26/h5-9,11-12,14-15H,10,13H2,1-4H3/t15-/m0/s1. The monoisotopic (exact) mass is 387 g/mol. The molecule has 2 heterocycles. The number of benzene rings is 1. The van der Waals surface area contributed by atoms with Crippen molar-refractivity contribution < 1.29 is 13.2 Å². The minimum Gasteiger partial charge on any atom is -0.332 e. The van der Waals surface area contributed by atoms with Gasteiger partial charge in [0.2, 0.25) is 10.0 Å². The number of aromatic nitrogens is 1. The van der Waals surface area contributed by atoms with Crippen LogP contribution in [0.5, 0.6) is 0 Å². The average Bonchev–Trinajstić information content (AvgIpc) is 2.94. The number of hydrogen-bond donors (Lipinski definition) is 0. The molecule has 0 unspecified atom stereocenters. The van der Waals surface area contributed by atoms with Crippen LogP contribution >= 0.6 is 0 Å². The van der Waals surface area contributed by atoms with Gasteiger partial charge in [0.1, 0.15) is 0 Å². The summed E-state index contributed by atoms with van der Waals surface area (Å²) in [6.45, 7) is 6.32. The Bertz CT molecular complexity index is 942. The van der Waals surface area contributed by atoms with Crippen LogP contribution in [-0.2, 0) is 23.0 Å². The molecule has 1 aliphatic rings. The summed E-state index contributed by atoms with van der Waals surface area (Å²) in [6.07, 6.45) is 5.29. The minimum absolute atomic E-state index is 0.0254. The van der Waals surface area contributed by atoms with Crippen LogP contribution in [0.3, 0.4) is 0 Å². The van der Waals surface area contributed by atoms with E-state index in [1.54, 1.807) is 29.4 Å². The van der Waals surface area contributed by atoms with Gasteiger partial charge in [-0.25, -0.2) is 8.42 Å². The maximum Gasteiger partial charge on any atom is 0.254 e. The lowest BCUT2D eigenvalue weighted by Crippen LogP contribution is -2.36. The molecular formula is C20H25N3O3S. The number of carbonyl (C=O) groups is 1. The summed E-state index contributed by atoms with van der Waals surface area (Å²) in [5, 5.41) is 0. The molecule has 0 N–H and O–H groups in total. The van der Waals surface area contributed by atoms with E-state index in [1.807, 2.05) is 39.0 Å². The van der Waals surface area contributed by atoms with E-state index in [1.165, 1.54) is 10.6 Å². The number of rotatable bonds is 5. The van der Waals surface area contributed by atoms with Gasteiger partial charge in [0.25, 0.3) is 5.91 Å². The maximum absolute atomic E-state index is 13.1. The Balaban J connectivity index is 1.90. The largest absolute Gasteiger partial charge is 0.332 e. The Kier molecular flexibility index (Phi) is 5.24. The number of pyridine rings is 1. The van der Waals surface area contributed by atoms with Gasteiger partial charge in [-0.2, -0.15) is 0 Å². The number of fused-ring (bicyclic) bond motifs is 1. The molecule has 1 amide bonds. The molecule has 3 rings (SSSR count). The van der Waals surface area contributed by atoms with Crippen LogP contribution in [-0.4, -0.2) is 42.5 Å². The van der Waals surface area contributed by atoms with E-state index < -0.39 is 10.0 Å². The molecule has 1 aromatic heterocycles. The number of nitrogens with zero attached hydrogens (tertiary/aromatic N) is 3. The third-order valence-corrected chi connectivity index (χ3v) is 6.07. The Morgan fingerprint density at radius 1 is 1.33 bits per heavy atom. The number of anilines is 1. The molecular weight excluding hydrogens is 362 g/mol. The van der Waals surface area contributed by atoms with Gasteiger partial charge in [0.05, 0.1) is 11.9 Å². The summed E-state index contributed by atoms with van der Waals surface area (Å²) < 4.78 is 25.6. The first kappa shape index (κ1) is 19.4. The zero-order valence-electron chi connectivity index (χ0n) is 16.1. The molecule has 0 bridgehead atoms. The summed E-state index contributed by atoms with van der Waals surface area (Å²) in [5.74, 6) is -0.0675. The predicted molar refractivity (Wildman–Crippen MR) is 106 cm³/mol. The number of carbonyl (C=O) groups excluding carboxylic acids is 1. The van der Waals surface area contributed by atoms with Gasteiger partial charge in [0, 0.05) is 36.6 Å². The Hall–Kier alpha value is -2.41. The van der Waals surface area contributed by atoms with Crippen LogP contribution in [0, 0.1) is 0 Å². The van der Waals surface area contributed by atoms with Crippen molar-refractivity contribution in [2.24, 2.45) is 0 Å². The van der Waals surface area contributed by atoms with E-state index in [9.17, 15) is 13.2 Å². The molecule has 1 aliphatic heterocycles. The summed E-state index contributed by atoms with van der Waals surface area (Å²) in [4.78, 5) is 19.0. The van der Waals surface area contributed by atoms with Crippen molar-refractivity contribution >= 4 is 21.6 Å². The Labute approximate surface area is 160 Å². The van der Waals surface area contributed by atoms with Gasteiger partial charge in [-0.05, 0) is 62.6 Å². The van der Waals surface area contributed by atoms with Crippen molar-refractivity contribution in [2.45, 2.75) is 45.8 Å². The Morgan fingerprint density at radius 3 is 2.67 bits per heavy atom. The van der Waals surface area contributed by atoms with Crippen LogP contribution in [0.4, 0.5) is 5.69 Å². The third kappa shape index (κ3) is 3.98. The fourth-order valence-electron chi connectivity index (χ4n) is 3.58. The lowest BCUT2D eigenvalue weighted by Gasteiger charge is -2.27. The van der Waals surface area contributed by atoms with Crippen molar-refractivity contribution in [3.05, 3.63) is 59.4 Å². The molecule has 144 valence electrons. The van der Waals surface area contributed by atoms with E-state index in [0.29, 0.717) is 24.2 Å². The topological polar surface area (TPSA) is 70.6 Å². The highest BCUT2D eigenvalue weighted by molar-refractivity contribution is 7.92. The first-order valence-electron chi connectivity index (χ1n) is 9.00. The molecule has 0 saturated carbocycles. The number of sulfonamides is 1. The normalized spacial score (nSPS) is 16.5. The third-order valence-electron chi connectivity index (χ3n) is 4.80. The first-order chi connectivity index (χ1) is 12.7. The summed E-state index contributed by atoms with van der Waals surface area (Å²) in [7, 11) is -3.34. The van der Waals surface area contributed by atoms with Crippen LogP contribution in [0.25, 0.3) is 0 Å². The molecule has 1 atom stereocenters. The highest BCUT2D eigenvalue weighted by Gasteiger charge is 2.33. The molecule has 0 aliphatic carbocycles. The first-order valence-corrected chi connectivity index (χ1v) is 10.9. The van der Waals surface area contributed by atoms with Crippen molar-refractivity contribution in [3.8, 4) is 0 Å². The predicted octanol–water partition coefficient (Wildman–Crippen LogP) is 2.84. The molecule has 0 saturated heterocycles. The van der Waals surface area contributed by atoms with Crippen molar-refractivity contribution in [1.82, 2.24) is 9.88 Å². The summed E-state index contributed by atoms with van der Waals surface area (Å²) in [5.41, 5.74) is 3.11. The molecule has 0 fully saturated rings. The Morgan fingerprint density at radius 2 is 2.07 bits per heavy atom. The van der Waals surface area contributed by atoms with E-state index >= 15 is 0 Å². The smallest absolute Gasteiger partial charge is 0.254 e. The second kappa shape index (κ2) is 7.31. The van der Waals surface area contributed by atoms with Gasteiger partial charge >= 0.3 is 0 Å². The average molecular weight is 388 g/mol. The molecule has 0 radical (unpaired) electrons. The van der Waals surface area contributed by atoms with Gasteiger partial charge in [-0.15, -0.1) is 0 Å². The van der Waals surface area contributed by atoms with Gasteiger partial charge in [0.15, 0.2) is 0 Å². The van der Waals surface area contributed by atoms with Gasteiger partial charge in [-0.1, -0.05) is 6.07 Å². The van der Waals surface area contributed by atoms with E-state index in [4.69, 9.17) is 0 Å². The number of amides is 1. The highest BCUT2D eigenvalue weighted by Crippen LogP contribution is 2.35. The van der Waals surface area contributed by atoms with Crippen LogP contribution in [0.1, 0.15) is 42.3 Å². The molecule has 6 nitrogen and oxygen atoms in total. The molecule has 1 aromatic carbocycles. The second-order valence-electron chi connectivity index (χ2n) is 7.34. The SMILES string of the molecule is CC(C)N(Cc1cccnc1)C(=O)c1ccc2c(c1)C[C@H](C)N2S(C)(=O)=O. The quantitative estimate of drug-likeness (QED) is 0.791. The van der Waals surface area contributed by atoms with Crippen LogP contribution < -0.4 is 4.31 Å². The zero-order valence-corrected chi connectivity index (χ0v) is 16.9. The van der Waals surface area contributed by atoms with Crippen LogP contribution in [0.2, 0.25) is 0 Å². The van der Waals surface area contributed by atoms with Gasteiger partial charge < -0.3 is 4.90 Å². The minimum atomic E-state index is -3.34. The summed E-state index contributed by atoms with van der Waals surface area (Å²) >= 11 is 0. The maximum atomic E-state index is 13.1. The molecule has 0 spiro atoms. The van der Waals surface area contributed by atoms with Crippen LogP contribution in [0.15, 0.2) is 42.7 Å². The highest BCUT2D eigenvalue weighted by atomic mass is 32.2. The van der Waals surface area contributed by atoms with Gasteiger partial charge in [-0.3, -0.25) is 14.1 Å². The van der Waals surface area contributed by atoms with Crippen molar-refractivity contribution in [3.63, 3.8) is 0 Å². The van der Waals surface area contributed by atoms with E-state index in [0.717, 1.165) is 11.1 Å². The fourth-order valence-corrected chi connectivity index (χ4v) is 4.85. The second-order valence-corrected chi connectivity index (χ2v) is 9.20. The lowest BCUT2D eigenvalue weighted by molar-refractivity contribution is 0.0690. The molecule has 2 aromatic rings. The molecule has 27 heavy (non-hydrogen) atoms. The summed E-state index contributed by atoms with van der Waals surface area (Å²) in [6, 6.07) is 8.98. The lowest BCUT2D eigenvalue weighted by atomic mass is 10.1. The van der Waals surface area contributed by atoms with Crippen molar-refractivity contribution in [1.29, 1.82) is 0 Å². The van der Waals surface area contributed by atoms with Crippen molar-refractivity contribution in [2.75, 3.05) is 10.6 Å². The van der Waals surface area contributed by atoms with E-state index in [-0.39, 0.29) is 18.0 Å². The molecule has 7 heteroatoms. The fraction of sp³-hybridized carbons (Fsp3) is 0.400. The zero-order chi connectivity index (χ0) is 19.8. The number of hydrogen-bond acceptors (Lipinski definition) is 4. The van der Waals surface area contributed by atoms with E-state index in [2.05, 4.69) is 4.98 Å².